The Morgan fingerprint density at radius 1 is 0.905 bits per heavy atom. The summed E-state index contributed by atoms with van der Waals surface area (Å²) in [5.74, 6) is 0.505. The van der Waals surface area contributed by atoms with Gasteiger partial charge in [-0.3, -0.25) is 0 Å². The number of alkyl halides is 3. The van der Waals surface area contributed by atoms with E-state index in [4.69, 9.17) is 28.4 Å². The van der Waals surface area contributed by atoms with Crippen molar-refractivity contribution >= 4 is 16.2 Å². The fourth-order valence-corrected chi connectivity index (χ4v) is 3.52. The Bertz CT molecular complexity index is 1550. The van der Waals surface area contributed by atoms with Crippen LogP contribution in [0.15, 0.2) is 58.1 Å². The number of nitrogens with one attached hydrogen (secondary N) is 1. The molecule has 4 aromatic rings. The fraction of sp³-hybridized carbons (Fsp3) is 0.261. The minimum Gasteiger partial charge on any atom is -0.496 e. The first kappa shape index (κ1) is 31.5. The SMILES string of the molecule is COc1ccnc(OCCCNC(=O)O)c1-c1ccno1.COc1ccnc(OS(=O)(=O)C(F)(F)F)c1-c1ccno1. The van der Waals surface area contributed by atoms with Crippen molar-refractivity contribution in [1.29, 1.82) is 0 Å². The number of nitrogens with zero attached hydrogens (tertiary/aromatic N) is 4. The van der Waals surface area contributed by atoms with Gasteiger partial charge in [0.25, 0.3) is 0 Å². The van der Waals surface area contributed by atoms with Crippen molar-refractivity contribution in [3.8, 4) is 45.9 Å². The summed E-state index contributed by atoms with van der Waals surface area (Å²) in [6, 6.07) is 5.95. The highest BCUT2D eigenvalue weighted by atomic mass is 32.2. The molecule has 4 rings (SSSR count). The van der Waals surface area contributed by atoms with Crippen molar-refractivity contribution in [3.63, 3.8) is 0 Å². The van der Waals surface area contributed by atoms with Gasteiger partial charge in [0.15, 0.2) is 11.5 Å². The van der Waals surface area contributed by atoms with Crippen molar-refractivity contribution in [2.45, 2.75) is 11.9 Å². The zero-order chi connectivity index (χ0) is 30.8. The van der Waals surface area contributed by atoms with Crippen LogP contribution in [0.1, 0.15) is 6.42 Å². The molecule has 0 aliphatic carbocycles. The van der Waals surface area contributed by atoms with E-state index in [-0.39, 0.29) is 17.1 Å². The van der Waals surface area contributed by atoms with Gasteiger partial charge in [-0.25, -0.2) is 14.8 Å². The largest absolute Gasteiger partial charge is 0.534 e. The molecule has 0 spiro atoms. The topological polar surface area (TPSA) is 198 Å². The summed E-state index contributed by atoms with van der Waals surface area (Å²) < 4.78 is 88.9. The molecule has 19 heteroatoms. The van der Waals surface area contributed by atoms with Gasteiger partial charge >= 0.3 is 21.7 Å². The Labute approximate surface area is 235 Å². The average molecular weight is 618 g/mol. The Morgan fingerprint density at radius 3 is 1.88 bits per heavy atom. The maximum absolute atomic E-state index is 12.4. The van der Waals surface area contributed by atoms with Crippen molar-refractivity contribution < 1.29 is 58.9 Å². The number of hydrogen-bond donors (Lipinski definition) is 2. The van der Waals surface area contributed by atoms with Crippen molar-refractivity contribution in [2.75, 3.05) is 27.4 Å². The summed E-state index contributed by atoms with van der Waals surface area (Å²) in [5, 5.41) is 17.8. The molecule has 0 unspecified atom stereocenters. The molecule has 0 aromatic carbocycles. The molecule has 0 aliphatic rings. The fourth-order valence-electron chi connectivity index (χ4n) is 3.10. The molecule has 0 saturated heterocycles. The maximum atomic E-state index is 12.4. The molecule has 0 fully saturated rings. The number of amides is 1. The average Bonchev–Trinajstić information content (AvgIpc) is 3.67. The number of carbonyl (C=O) groups is 1. The molecule has 42 heavy (non-hydrogen) atoms. The highest BCUT2D eigenvalue weighted by Crippen LogP contribution is 2.39. The van der Waals surface area contributed by atoms with E-state index in [1.54, 1.807) is 18.3 Å². The summed E-state index contributed by atoms with van der Waals surface area (Å²) in [6.45, 7) is 0.610. The van der Waals surface area contributed by atoms with Crippen LogP contribution in [-0.4, -0.2) is 72.8 Å². The number of pyridine rings is 2. The number of halogens is 3. The number of methoxy groups -OCH3 is 2. The lowest BCUT2D eigenvalue weighted by Gasteiger charge is -2.12. The number of aromatic nitrogens is 4. The van der Waals surface area contributed by atoms with Gasteiger partial charge in [0.2, 0.25) is 11.8 Å². The molecular weight excluding hydrogens is 595 g/mol. The predicted octanol–water partition coefficient (Wildman–Crippen LogP) is 3.76. The van der Waals surface area contributed by atoms with E-state index < -0.39 is 27.6 Å². The van der Waals surface area contributed by atoms with Gasteiger partial charge in [0.05, 0.1) is 33.2 Å². The Hall–Kier alpha value is -5.07. The van der Waals surface area contributed by atoms with Crippen molar-refractivity contribution in [3.05, 3.63) is 49.1 Å². The first-order valence-corrected chi connectivity index (χ1v) is 12.9. The van der Waals surface area contributed by atoms with E-state index in [1.165, 1.54) is 38.7 Å². The monoisotopic (exact) mass is 617 g/mol. The van der Waals surface area contributed by atoms with E-state index in [1.807, 2.05) is 0 Å². The van der Waals surface area contributed by atoms with Gasteiger partial charge in [-0.1, -0.05) is 10.3 Å². The molecule has 1 amide bonds. The molecule has 4 aromatic heterocycles. The number of rotatable bonds is 11. The lowest BCUT2D eigenvalue weighted by atomic mass is 10.2. The summed E-state index contributed by atoms with van der Waals surface area (Å²) in [7, 11) is -3.10. The van der Waals surface area contributed by atoms with Crippen LogP contribution in [0, 0.1) is 0 Å². The van der Waals surface area contributed by atoms with Crippen molar-refractivity contribution in [2.24, 2.45) is 0 Å². The third-order valence-electron chi connectivity index (χ3n) is 4.87. The van der Waals surface area contributed by atoms with Crippen LogP contribution < -0.4 is 23.7 Å². The van der Waals surface area contributed by atoms with Crippen LogP contribution in [0.4, 0.5) is 18.0 Å². The van der Waals surface area contributed by atoms with Gasteiger partial charge in [-0.15, -0.1) is 0 Å². The standard InChI is InChI=1S/C13H15N3O5.C10H7F3N2O5S/c1-19-9-3-6-14-12(11(9)10-4-7-16-21-10)20-8-2-5-15-13(17)18;1-18-6-2-4-14-9(8(6)7-3-5-15-19-7)20-21(16,17)10(11,12)13/h3-4,6-7,15H,2,5,8H2,1H3,(H,17,18);2-5H,1H3. The van der Waals surface area contributed by atoms with Gasteiger partial charge < -0.3 is 37.9 Å². The summed E-state index contributed by atoms with van der Waals surface area (Å²) >= 11 is 0. The van der Waals surface area contributed by atoms with Gasteiger partial charge in [0, 0.05) is 31.1 Å². The second kappa shape index (κ2) is 14.0. The summed E-state index contributed by atoms with van der Waals surface area (Å²) in [5.41, 5.74) is -5.22. The summed E-state index contributed by atoms with van der Waals surface area (Å²) in [4.78, 5) is 17.9. The Balaban J connectivity index is 0.000000230. The highest BCUT2D eigenvalue weighted by Gasteiger charge is 2.49. The Morgan fingerprint density at radius 2 is 1.43 bits per heavy atom. The molecule has 0 aliphatic heterocycles. The number of ether oxygens (including phenoxy) is 3. The normalized spacial score (nSPS) is 11.2. The lowest BCUT2D eigenvalue weighted by Crippen LogP contribution is -2.28. The molecule has 4 heterocycles. The second-order valence-electron chi connectivity index (χ2n) is 7.56. The quantitative estimate of drug-likeness (QED) is 0.140. The zero-order valence-electron chi connectivity index (χ0n) is 21.7. The molecule has 0 radical (unpaired) electrons. The summed E-state index contributed by atoms with van der Waals surface area (Å²) in [6.07, 6.45) is 4.77. The zero-order valence-corrected chi connectivity index (χ0v) is 22.5. The number of carboxylic acid groups (broad SMARTS) is 1. The highest BCUT2D eigenvalue weighted by molar-refractivity contribution is 7.88. The van der Waals surface area contributed by atoms with Crippen LogP contribution in [0.25, 0.3) is 22.6 Å². The Kier molecular flexibility index (Phi) is 10.5. The molecule has 0 atom stereocenters. The van der Waals surface area contributed by atoms with E-state index in [0.717, 1.165) is 6.20 Å². The van der Waals surface area contributed by atoms with Crippen LogP contribution in [-0.2, 0) is 10.1 Å². The van der Waals surface area contributed by atoms with Crippen LogP contribution >= 0.6 is 0 Å². The molecule has 2 N–H and O–H groups in total. The van der Waals surface area contributed by atoms with E-state index in [9.17, 15) is 26.4 Å². The van der Waals surface area contributed by atoms with Crippen LogP contribution in [0.2, 0.25) is 0 Å². The third-order valence-corrected chi connectivity index (χ3v) is 5.82. The first-order chi connectivity index (χ1) is 20.0. The maximum Gasteiger partial charge on any atom is 0.534 e. The first-order valence-electron chi connectivity index (χ1n) is 11.5. The number of hydrogen-bond acceptors (Lipinski definition) is 13. The lowest BCUT2D eigenvalue weighted by molar-refractivity contribution is -0.0501. The van der Waals surface area contributed by atoms with Gasteiger partial charge in [0.1, 0.15) is 22.6 Å². The van der Waals surface area contributed by atoms with Crippen molar-refractivity contribution in [1.82, 2.24) is 25.6 Å². The van der Waals surface area contributed by atoms with Crippen LogP contribution in [0.5, 0.6) is 23.3 Å². The van der Waals surface area contributed by atoms with Gasteiger partial charge in [-0.2, -0.15) is 21.6 Å². The predicted molar refractivity (Wildman–Crippen MR) is 134 cm³/mol. The smallest absolute Gasteiger partial charge is 0.496 e. The van der Waals surface area contributed by atoms with E-state index >= 15 is 0 Å². The molecule has 0 bridgehead atoms. The van der Waals surface area contributed by atoms with Gasteiger partial charge in [-0.05, 0) is 18.6 Å². The molecule has 15 nitrogen and oxygen atoms in total. The third kappa shape index (κ3) is 7.99. The molecule has 226 valence electrons. The second-order valence-corrected chi connectivity index (χ2v) is 9.10. The van der Waals surface area contributed by atoms with E-state index in [0.29, 0.717) is 42.5 Å². The minimum absolute atomic E-state index is 0.00845. The molecular formula is C23H22F3N5O10S. The molecule has 0 saturated carbocycles. The van der Waals surface area contributed by atoms with Crippen LogP contribution in [0.3, 0.4) is 0 Å². The van der Waals surface area contributed by atoms with E-state index in [2.05, 4.69) is 29.8 Å². The minimum atomic E-state index is -5.87.